The molecule has 0 bridgehead atoms. The molecular formula is C17H23N3OS. The number of rotatable bonds is 4. The lowest BCUT2D eigenvalue weighted by atomic mass is 9.97. The Morgan fingerprint density at radius 3 is 2.59 bits per heavy atom. The number of benzene rings is 1. The second-order valence-electron chi connectivity index (χ2n) is 5.92. The van der Waals surface area contributed by atoms with E-state index in [0.717, 1.165) is 42.4 Å². The number of aliphatic hydroxyl groups excluding tert-OH is 1. The van der Waals surface area contributed by atoms with Gasteiger partial charge in [0.1, 0.15) is 0 Å². The summed E-state index contributed by atoms with van der Waals surface area (Å²) in [4.78, 5) is 0. The molecule has 1 aliphatic rings. The van der Waals surface area contributed by atoms with Crippen LogP contribution < -0.4 is 0 Å². The molecule has 0 radical (unpaired) electrons. The van der Waals surface area contributed by atoms with Crippen molar-refractivity contribution in [1.82, 2.24) is 14.8 Å². The number of thioether (sulfide) groups is 1. The van der Waals surface area contributed by atoms with Crippen molar-refractivity contribution >= 4 is 11.8 Å². The molecule has 2 aromatic rings. The molecule has 0 amide bonds. The average Bonchev–Trinajstić information content (AvgIpc) is 2.93. The van der Waals surface area contributed by atoms with Gasteiger partial charge in [0.15, 0.2) is 11.0 Å². The van der Waals surface area contributed by atoms with E-state index in [2.05, 4.69) is 52.9 Å². The molecule has 2 unspecified atom stereocenters. The number of hydrogen-bond acceptors (Lipinski definition) is 4. The van der Waals surface area contributed by atoms with Crippen molar-refractivity contribution in [3.8, 4) is 11.4 Å². The number of aliphatic hydroxyl groups is 1. The maximum absolute atomic E-state index is 10.2. The molecule has 1 N–H and O–H groups in total. The number of hydrogen-bond donors (Lipinski definition) is 1. The van der Waals surface area contributed by atoms with Gasteiger partial charge in [0, 0.05) is 17.4 Å². The third-order valence-corrected chi connectivity index (χ3v) is 5.63. The molecular weight excluding hydrogens is 294 g/mol. The van der Waals surface area contributed by atoms with Crippen LogP contribution >= 0.6 is 11.8 Å². The summed E-state index contributed by atoms with van der Waals surface area (Å²) in [6.45, 7) is 5.03. The van der Waals surface area contributed by atoms with E-state index < -0.39 is 0 Å². The molecule has 2 atom stereocenters. The quantitative estimate of drug-likeness (QED) is 0.935. The highest BCUT2D eigenvalue weighted by molar-refractivity contribution is 7.99. The van der Waals surface area contributed by atoms with Gasteiger partial charge < -0.3 is 9.67 Å². The van der Waals surface area contributed by atoms with Crippen molar-refractivity contribution in [1.29, 1.82) is 0 Å². The number of aryl methyl sites for hydroxylation is 1. The number of nitrogens with zero attached hydrogens (tertiary/aromatic N) is 3. The molecule has 1 saturated carbocycles. The SMILES string of the molecule is CCn1c(SC2CCCCC2O)nnc1-c1ccc(C)cc1. The van der Waals surface area contributed by atoms with Crippen molar-refractivity contribution in [3.63, 3.8) is 0 Å². The van der Waals surface area contributed by atoms with E-state index in [-0.39, 0.29) is 11.4 Å². The van der Waals surface area contributed by atoms with Gasteiger partial charge in [-0.2, -0.15) is 0 Å². The Balaban J connectivity index is 1.85. The topological polar surface area (TPSA) is 50.9 Å². The highest BCUT2D eigenvalue weighted by Crippen LogP contribution is 2.34. The lowest BCUT2D eigenvalue weighted by Gasteiger charge is -2.26. The number of aromatic nitrogens is 3. The first-order chi connectivity index (χ1) is 10.7. The van der Waals surface area contributed by atoms with Gasteiger partial charge in [0.2, 0.25) is 0 Å². The van der Waals surface area contributed by atoms with E-state index in [1.165, 1.54) is 12.0 Å². The summed E-state index contributed by atoms with van der Waals surface area (Å²) >= 11 is 1.68. The highest BCUT2D eigenvalue weighted by atomic mass is 32.2. The van der Waals surface area contributed by atoms with Crippen LogP contribution in [-0.2, 0) is 6.54 Å². The van der Waals surface area contributed by atoms with Crippen molar-refractivity contribution in [3.05, 3.63) is 29.8 Å². The fourth-order valence-electron chi connectivity index (χ4n) is 2.93. The predicted molar refractivity (Wildman–Crippen MR) is 90.0 cm³/mol. The Morgan fingerprint density at radius 1 is 1.18 bits per heavy atom. The van der Waals surface area contributed by atoms with Crippen LogP contribution in [-0.4, -0.2) is 31.2 Å². The first kappa shape index (κ1) is 15.6. The van der Waals surface area contributed by atoms with Crippen LogP contribution in [0.15, 0.2) is 29.4 Å². The van der Waals surface area contributed by atoms with E-state index in [1.54, 1.807) is 11.8 Å². The zero-order valence-electron chi connectivity index (χ0n) is 13.2. The van der Waals surface area contributed by atoms with E-state index in [4.69, 9.17) is 0 Å². The molecule has 1 fully saturated rings. The summed E-state index contributed by atoms with van der Waals surface area (Å²) in [5, 5.41) is 20.1. The third-order valence-electron chi connectivity index (χ3n) is 4.27. The summed E-state index contributed by atoms with van der Waals surface area (Å²) in [7, 11) is 0. The molecule has 3 rings (SSSR count). The molecule has 1 aromatic heterocycles. The first-order valence-electron chi connectivity index (χ1n) is 8.04. The summed E-state index contributed by atoms with van der Waals surface area (Å²) in [5.41, 5.74) is 2.34. The second kappa shape index (κ2) is 6.84. The van der Waals surface area contributed by atoms with Gasteiger partial charge in [0.25, 0.3) is 0 Å². The Kier molecular flexibility index (Phi) is 4.84. The predicted octanol–water partition coefficient (Wildman–Crippen LogP) is 3.67. The van der Waals surface area contributed by atoms with Crippen LogP contribution in [0.1, 0.15) is 38.2 Å². The minimum atomic E-state index is -0.219. The van der Waals surface area contributed by atoms with E-state index in [1.807, 2.05) is 0 Å². The summed E-state index contributed by atoms with van der Waals surface area (Å²) in [6.07, 6.45) is 4.07. The fraction of sp³-hybridized carbons (Fsp3) is 0.529. The average molecular weight is 317 g/mol. The molecule has 1 aromatic carbocycles. The van der Waals surface area contributed by atoms with Crippen molar-refractivity contribution < 1.29 is 5.11 Å². The molecule has 0 aliphatic heterocycles. The van der Waals surface area contributed by atoms with E-state index in [9.17, 15) is 5.11 Å². The Bertz CT molecular complexity index is 623. The molecule has 5 heteroatoms. The van der Waals surface area contributed by atoms with Crippen LogP contribution in [0.4, 0.5) is 0 Å². The van der Waals surface area contributed by atoms with Gasteiger partial charge >= 0.3 is 0 Å². The molecule has 0 spiro atoms. The maximum Gasteiger partial charge on any atom is 0.191 e. The van der Waals surface area contributed by atoms with E-state index >= 15 is 0 Å². The summed E-state index contributed by atoms with van der Waals surface area (Å²) < 4.78 is 2.15. The van der Waals surface area contributed by atoms with Crippen LogP contribution in [0.25, 0.3) is 11.4 Å². The van der Waals surface area contributed by atoms with Gasteiger partial charge in [-0.3, -0.25) is 0 Å². The molecule has 22 heavy (non-hydrogen) atoms. The monoisotopic (exact) mass is 317 g/mol. The minimum absolute atomic E-state index is 0.219. The van der Waals surface area contributed by atoms with Crippen molar-refractivity contribution in [2.24, 2.45) is 0 Å². The van der Waals surface area contributed by atoms with Gasteiger partial charge in [0.05, 0.1) is 6.10 Å². The zero-order valence-corrected chi connectivity index (χ0v) is 14.0. The standard InChI is InChI=1S/C17H23N3OS/c1-3-20-16(13-10-8-12(2)9-11-13)18-19-17(20)22-15-7-5-4-6-14(15)21/h8-11,14-15,21H,3-7H2,1-2H3. The fourth-order valence-corrected chi connectivity index (χ4v) is 4.21. The first-order valence-corrected chi connectivity index (χ1v) is 8.92. The maximum atomic E-state index is 10.2. The van der Waals surface area contributed by atoms with Crippen molar-refractivity contribution in [2.75, 3.05) is 0 Å². The normalized spacial score (nSPS) is 22.0. The Hall–Kier alpha value is -1.33. The van der Waals surface area contributed by atoms with Gasteiger partial charge in [-0.15, -0.1) is 10.2 Å². The van der Waals surface area contributed by atoms with Crippen LogP contribution in [0.3, 0.4) is 0 Å². The van der Waals surface area contributed by atoms with Crippen LogP contribution in [0.2, 0.25) is 0 Å². The summed E-state index contributed by atoms with van der Waals surface area (Å²) in [5.74, 6) is 0.912. The highest BCUT2D eigenvalue weighted by Gasteiger charge is 2.26. The van der Waals surface area contributed by atoms with Gasteiger partial charge in [-0.25, -0.2) is 0 Å². The van der Waals surface area contributed by atoms with Crippen molar-refractivity contribution in [2.45, 2.75) is 62.6 Å². The third kappa shape index (κ3) is 3.20. The zero-order chi connectivity index (χ0) is 15.5. The van der Waals surface area contributed by atoms with Gasteiger partial charge in [-0.1, -0.05) is 54.4 Å². The molecule has 4 nitrogen and oxygen atoms in total. The molecule has 1 heterocycles. The smallest absolute Gasteiger partial charge is 0.191 e. The largest absolute Gasteiger partial charge is 0.392 e. The minimum Gasteiger partial charge on any atom is -0.392 e. The Morgan fingerprint density at radius 2 is 1.91 bits per heavy atom. The lowest BCUT2D eigenvalue weighted by molar-refractivity contribution is 0.137. The van der Waals surface area contributed by atoms with Gasteiger partial charge in [-0.05, 0) is 26.7 Å². The molecule has 1 aliphatic carbocycles. The Labute approximate surface area is 136 Å². The van der Waals surface area contributed by atoms with Crippen LogP contribution in [0, 0.1) is 6.92 Å². The lowest BCUT2D eigenvalue weighted by Crippen LogP contribution is -2.27. The van der Waals surface area contributed by atoms with Crippen LogP contribution in [0.5, 0.6) is 0 Å². The summed E-state index contributed by atoms with van der Waals surface area (Å²) in [6, 6.07) is 8.38. The molecule has 0 saturated heterocycles. The van der Waals surface area contributed by atoms with E-state index in [0.29, 0.717) is 0 Å². The second-order valence-corrected chi connectivity index (χ2v) is 7.13. The molecule has 118 valence electrons.